The fraction of sp³-hybridized carbons (Fsp3) is 0.500. The van der Waals surface area contributed by atoms with E-state index in [0.29, 0.717) is 32.7 Å². The Morgan fingerprint density at radius 2 is 1.74 bits per heavy atom. The number of carbonyl (C=O) groups is 2. The molecule has 11 heteroatoms. The van der Waals surface area contributed by atoms with Crippen LogP contribution in [0.25, 0.3) is 0 Å². The molecule has 0 aliphatic heterocycles. The molecule has 214 valence electrons. The summed E-state index contributed by atoms with van der Waals surface area (Å²) < 4.78 is 26.5. The van der Waals surface area contributed by atoms with Crippen molar-refractivity contribution in [2.24, 2.45) is 0 Å². The van der Waals surface area contributed by atoms with Crippen LogP contribution in [0.15, 0.2) is 36.4 Å². The van der Waals surface area contributed by atoms with E-state index >= 15 is 0 Å². The molecule has 2 amide bonds. The molecule has 0 spiro atoms. The number of hydrogen-bond donors (Lipinski definition) is 1. The molecule has 0 radical (unpaired) electrons. The van der Waals surface area contributed by atoms with Crippen LogP contribution < -0.4 is 9.62 Å². The number of sulfonamides is 1. The van der Waals surface area contributed by atoms with Crippen molar-refractivity contribution in [3.05, 3.63) is 62.6 Å². The van der Waals surface area contributed by atoms with Gasteiger partial charge in [0, 0.05) is 30.6 Å². The van der Waals surface area contributed by atoms with E-state index in [1.807, 2.05) is 6.92 Å². The summed E-state index contributed by atoms with van der Waals surface area (Å²) in [5.74, 6) is -0.420. The zero-order valence-electron chi connectivity index (χ0n) is 22.6. The van der Waals surface area contributed by atoms with Crippen molar-refractivity contribution in [3.8, 4) is 0 Å². The van der Waals surface area contributed by atoms with E-state index in [9.17, 15) is 18.0 Å². The van der Waals surface area contributed by atoms with E-state index in [0.717, 1.165) is 37.5 Å². The van der Waals surface area contributed by atoms with Crippen LogP contribution in [-0.2, 0) is 26.2 Å². The monoisotopic (exact) mass is 615 g/mol. The lowest BCUT2D eigenvalue weighted by Gasteiger charge is -2.32. The first-order valence-corrected chi connectivity index (χ1v) is 16.2. The Morgan fingerprint density at radius 3 is 2.36 bits per heavy atom. The zero-order chi connectivity index (χ0) is 28.7. The molecule has 0 aromatic heterocycles. The second-order valence-electron chi connectivity index (χ2n) is 10.0. The van der Waals surface area contributed by atoms with Crippen LogP contribution in [0.5, 0.6) is 0 Å². The second kappa shape index (κ2) is 14.1. The number of benzene rings is 2. The maximum atomic E-state index is 13.6. The number of hydrogen-bond acceptors (Lipinski definition) is 4. The third kappa shape index (κ3) is 8.49. The summed E-state index contributed by atoms with van der Waals surface area (Å²) in [5, 5.41) is 4.35. The van der Waals surface area contributed by atoms with E-state index in [-0.39, 0.29) is 43.8 Å². The molecule has 0 heterocycles. The molecule has 2 aromatic carbocycles. The predicted octanol–water partition coefficient (Wildman–Crippen LogP) is 6.37. The van der Waals surface area contributed by atoms with Gasteiger partial charge in [-0.25, -0.2) is 8.42 Å². The van der Waals surface area contributed by atoms with E-state index in [2.05, 4.69) is 5.32 Å². The number of rotatable bonds is 12. The fourth-order valence-corrected chi connectivity index (χ4v) is 6.48. The van der Waals surface area contributed by atoms with Crippen molar-refractivity contribution in [2.45, 2.75) is 77.4 Å². The minimum absolute atomic E-state index is 0.0557. The predicted molar refractivity (Wildman–Crippen MR) is 159 cm³/mol. The minimum atomic E-state index is -3.62. The normalized spacial score (nSPS) is 14.7. The van der Waals surface area contributed by atoms with Crippen molar-refractivity contribution >= 4 is 62.3 Å². The first-order valence-electron chi connectivity index (χ1n) is 13.2. The highest BCUT2D eigenvalue weighted by atomic mass is 35.5. The van der Waals surface area contributed by atoms with Gasteiger partial charge in [0.2, 0.25) is 21.8 Å². The highest BCUT2D eigenvalue weighted by Gasteiger charge is 2.31. The third-order valence-corrected chi connectivity index (χ3v) is 9.41. The smallest absolute Gasteiger partial charge is 0.243 e. The van der Waals surface area contributed by atoms with Crippen LogP contribution in [0.2, 0.25) is 15.1 Å². The summed E-state index contributed by atoms with van der Waals surface area (Å²) in [5.41, 5.74) is 1.87. The van der Waals surface area contributed by atoms with Gasteiger partial charge in [-0.15, -0.1) is 0 Å². The van der Waals surface area contributed by atoms with Crippen LogP contribution in [0.4, 0.5) is 5.69 Å². The molecule has 2 aromatic rings. The summed E-state index contributed by atoms with van der Waals surface area (Å²) in [6.45, 7) is 3.91. The van der Waals surface area contributed by atoms with Crippen LogP contribution >= 0.6 is 34.8 Å². The first-order chi connectivity index (χ1) is 18.4. The van der Waals surface area contributed by atoms with Gasteiger partial charge in [0.1, 0.15) is 6.04 Å². The van der Waals surface area contributed by atoms with Gasteiger partial charge in [-0.3, -0.25) is 13.9 Å². The van der Waals surface area contributed by atoms with Crippen LogP contribution in [0.1, 0.15) is 63.0 Å². The summed E-state index contributed by atoms with van der Waals surface area (Å²) in [6.07, 6.45) is 5.92. The molecular formula is C28H36Cl3N3O4S. The number of nitrogens with zero attached hydrogens (tertiary/aromatic N) is 2. The third-order valence-electron chi connectivity index (χ3n) is 7.08. The average molecular weight is 617 g/mol. The van der Waals surface area contributed by atoms with Gasteiger partial charge in [-0.1, -0.05) is 66.7 Å². The molecular weight excluding hydrogens is 581 g/mol. The van der Waals surface area contributed by atoms with Crippen molar-refractivity contribution in [1.29, 1.82) is 0 Å². The quantitative estimate of drug-likeness (QED) is 0.300. The standard InChI is InChI=1S/C28H36Cl3N3O4S/c1-4-25(28(36)32-21-9-5-6-10-21)33(18-20-14-15-23(30)24(31)17-20)27(35)13-8-16-34(39(3,37)38)26-12-7-11-22(29)19(26)2/h7,11-12,14-15,17,21,25H,4-6,8-10,13,16,18H2,1-3H3,(H,32,36)/t25-/m0/s1. The van der Waals surface area contributed by atoms with Crippen molar-refractivity contribution in [1.82, 2.24) is 10.2 Å². The Hall–Kier alpha value is -2.00. The van der Waals surface area contributed by atoms with Crippen molar-refractivity contribution < 1.29 is 18.0 Å². The average Bonchev–Trinajstić information content (AvgIpc) is 3.38. The minimum Gasteiger partial charge on any atom is -0.352 e. The van der Waals surface area contributed by atoms with Crippen molar-refractivity contribution in [3.63, 3.8) is 0 Å². The molecule has 1 saturated carbocycles. The molecule has 0 saturated heterocycles. The van der Waals surface area contributed by atoms with Gasteiger partial charge >= 0.3 is 0 Å². The Bertz CT molecular complexity index is 1280. The Balaban J connectivity index is 1.80. The van der Waals surface area contributed by atoms with Crippen LogP contribution in [-0.4, -0.2) is 50.0 Å². The lowest BCUT2D eigenvalue weighted by Crippen LogP contribution is -2.51. The molecule has 1 aliphatic rings. The topological polar surface area (TPSA) is 86.8 Å². The largest absolute Gasteiger partial charge is 0.352 e. The van der Waals surface area contributed by atoms with Crippen molar-refractivity contribution in [2.75, 3.05) is 17.1 Å². The van der Waals surface area contributed by atoms with E-state index in [1.54, 1.807) is 48.2 Å². The molecule has 1 N–H and O–H groups in total. The molecule has 39 heavy (non-hydrogen) atoms. The van der Waals surface area contributed by atoms with E-state index in [4.69, 9.17) is 34.8 Å². The van der Waals surface area contributed by atoms with Gasteiger partial charge in [0.25, 0.3) is 0 Å². The molecule has 0 unspecified atom stereocenters. The highest BCUT2D eigenvalue weighted by Crippen LogP contribution is 2.29. The number of halogens is 3. The van der Waals surface area contributed by atoms with Crippen LogP contribution in [0, 0.1) is 6.92 Å². The Kier molecular flexibility index (Phi) is 11.4. The summed E-state index contributed by atoms with van der Waals surface area (Å²) in [6, 6.07) is 9.68. The fourth-order valence-electron chi connectivity index (χ4n) is 4.97. The van der Waals surface area contributed by atoms with Gasteiger partial charge in [0.05, 0.1) is 22.0 Å². The maximum Gasteiger partial charge on any atom is 0.243 e. The molecule has 1 fully saturated rings. The lowest BCUT2D eigenvalue weighted by molar-refractivity contribution is -0.141. The highest BCUT2D eigenvalue weighted by molar-refractivity contribution is 7.92. The lowest BCUT2D eigenvalue weighted by atomic mass is 10.1. The summed E-state index contributed by atoms with van der Waals surface area (Å²) in [4.78, 5) is 28.5. The number of nitrogens with one attached hydrogen (secondary N) is 1. The van der Waals surface area contributed by atoms with E-state index in [1.165, 1.54) is 4.31 Å². The second-order valence-corrected chi connectivity index (χ2v) is 13.1. The molecule has 0 bridgehead atoms. The number of carbonyl (C=O) groups excluding carboxylic acids is 2. The number of amides is 2. The number of anilines is 1. The molecule has 1 aliphatic carbocycles. The summed E-state index contributed by atoms with van der Waals surface area (Å²) in [7, 11) is -3.62. The van der Waals surface area contributed by atoms with Gasteiger partial charge in [0.15, 0.2) is 0 Å². The Labute approximate surface area is 246 Å². The maximum absolute atomic E-state index is 13.6. The van der Waals surface area contributed by atoms with E-state index < -0.39 is 16.1 Å². The molecule has 3 rings (SSSR count). The summed E-state index contributed by atoms with van der Waals surface area (Å²) >= 11 is 18.5. The first kappa shape index (κ1) is 31.5. The Morgan fingerprint density at radius 1 is 1.05 bits per heavy atom. The van der Waals surface area contributed by atoms with Crippen LogP contribution in [0.3, 0.4) is 0 Å². The zero-order valence-corrected chi connectivity index (χ0v) is 25.6. The van der Waals surface area contributed by atoms with Gasteiger partial charge in [-0.05, 0) is 68.0 Å². The molecule has 1 atom stereocenters. The van der Waals surface area contributed by atoms with Gasteiger partial charge in [-0.2, -0.15) is 0 Å². The van der Waals surface area contributed by atoms with Gasteiger partial charge < -0.3 is 10.2 Å². The molecule has 7 nitrogen and oxygen atoms in total. The SMILES string of the molecule is CC[C@@H](C(=O)NC1CCCC1)N(Cc1ccc(Cl)c(Cl)c1)C(=O)CCCN(c1cccc(Cl)c1C)S(C)(=O)=O.